The van der Waals surface area contributed by atoms with E-state index in [1.807, 2.05) is 24.3 Å². The highest BCUT2D eigenvalue weighted by atomic mass is 32.1. The van der Waals surface area contributed by atoms with Crippen LogP contribution < -0.4 is 49.1 Å². The molecule has 1 fully saturated rings. The number of thiol groups is 2. The predicted octanol–water partition coefficient (Wildman–Crippen LogP) is -0.193. The first-order chi connectivity index (χ1) is 32.3. The molecule has 360 valence electrons. The Morgan fingerprint density at radius 3 is 1.84 bits per heavy atom. The van der Waals surface area contributed by atoms with E-state index >= 15 is 0 Å². The molecular weight excluding hydrogens is 899 g/mol. The Balaban J connectivity index is 1.41. The summed E-state index contributed by atoms with van der Waals surface area (Å²) in [5.41, 5.74) is 19.3. The van der Waals surface area contributed by atoms with Crippen LogP contribution >= 0.6 is 25.3 Å². The molecule has 2 aromatic carbocycles. The van der Waals surface area contributed by atoms with E-state index in [0.29, 0.717) is 16.8 Å². The van der Waals surface area contributed by atoms with Crippen molar-refractivity contribution in [2.24, 2.45) is 28.1 Å². The zero-order valence-corrected chi connectivity index (χ0v) is 38.8. The molecule has 0 radical (unpaired) electrons. The van der Waals surface area contributed by atoms with Gasteiger partial charge in [0.1, 0.15) is 36.3 Å². The number of nitrogens with one attached hydrogen (secondary N) is 8. The van der Waals surface area contributed by atoms with Crippen LogP contribution in [0, 0.1) is 5.92 Å². The van der Waals surface area contributed by atoms with Gasteiger partial charge < -0.3 is 59.1 Å². The maximum atomic E-state index is 14.5. The number of primary amides is 1. The Bertz CT molecular complexity index is 2320. The fourth-order valence-corrected chi connectivity index (χ4v) is 8.36. The second-order valence-corrected chi connectivity index (χ2v) is 17.2. The summed E-state index contributed by atoms with van der Waals surface area (Å²) in [6.07, 6.45) is 8.21. The minimum atomic E-state index is -1.31. The number of imidazole rings is 1. The molecule has 14 N–H and O–H groups in total. The molecule has 1 aliphatic carbocycles. The first kappa shape index (κ1) is 51.4. The van der Waals surface area contributed by atoms with Gasteiger partial charge in [-0.25, -0.2) is 4.98 Å². The van der Waals surface area contributed by atoms with Crippen LogP contribution in [-0.2, 0) is 52.8 Å². The Hall–Kier alpha value is -6.55. The van der Waals surface area contributed by atoms with Crippen molar-refractivity contribution in [3.63, 3.8) is 0 Å². The van der Waals surface area contributed by atoms with Gasteiger partial charge in [-0.1, -0.05) is 61.4 Å². The molecule has 0 spiro atoms. The average molecular weight is 960 g/mol. The highest BCUT2D eigenvalue weighted by Crippen LogP contribution is 2.25. The van der Waals surface area contributed by atoms with Crippen LogP contribution in [0.2, 0.25) is 0 Å². The number of H-pyrrole nitrogens is 2. The number of fused-ring (bicyclic) bond motifs is 1. The van der Waals surface area contributed by atoms with Crippen molar-refractivity contribution < 1.29 is 33.6 Å². The molecule has 0 aliphatic heterocycles. The second-order valence-electron chi connectivity index (χ2n) is 16.4. The molecule has 6 atom stereocenters. The summed E-state index contributed by atoms with van der Waals surface area (Å²) in [6, 6.07) is 8.97. The van der Waals surface area contributed by atoms with Gasteiger partial charge in [0.2, 0.25) is 41.4 Å². The van der Waals surface area contributed by atoms with Gasteiger partial charge in [0, 0.05) is 66.5 Å². The molecule has 0 unspecified atom stereocenters. The maximum Gasteiger partial charge on any atom is 0.243 e. The molecule has 0 saturated heterocycles. The number of aromatic amines is 2. The third kappa shape index (κ3) is 15.8. The molecule has 0 bridgehead atoms. The number of rotatable bonds is 26. The minimum absolute atomic E-state index is 0.0139. The van der Waals surface area contributed by atoms with Crippen LogP contribution in [-0.4, -0.2) is 117 Å². The number of hydrogen-bond acceptors (Lipinski definition) is 11. The van der Waals surface area contributed by atoms with Gasteiger partial charge in [-0.15, -0.1) is 0 Å². The fraction of sp³-hybridized carbons (Fsp3) is 0.444. The van der Waals surface area contributed by atoms with Gasteiger partial charge in [0.25, 0.3) is 0 Å². The van der Waals surface area contributed by atoms with Gasteiger partial charge >= 0.3 is 0 Å². The predicted molar refractivity (Wildman–Crippen MR) is 259 cm³/mol. The maximum absolute atomic E-state index is 14.5. The van der Waals surface area contributed by atoms with Crippen molar-refractivity contribution in [1.82, 2.24) is 46.9 Å². The largest absolute Gasteiger partial charge is 0.370 e. The van der Waals surface area contributed by atoms with Crippen molar-refractivity contribution >= 4 is 83.5 Å². The van der Waals surface area contributed by atoms with Crippen molar-refractivity contribution in [2.45, 2.75) is 100 Å². The number of aromatic nitrogens is 3. The van der Waals surface area contributed by atoms with Crippen LogP contribution in [0.15, 0.2) is 78.3 Å². The number of carbonyl (C=O) groups is 7. The number of para-hydroxylation sites is 1. The van der Waals surface area contributed by atoms with Crippen LogP contribution in [0.1, 0.15) is 61.8 Å². The Morgan fingerprint density at radius 2 is 1.24 bits per heavy atom. The number of hydrogen-bond donors (Lipinski definition) is 13. The first-order valence-electron chi connectivity index (χ1n) is 22.2. The lowest BCUT2D eigenvalue weighted by atomic mass is 10.0. The number of guanidine groups is 1. The Kier molecular flexibility index (Phi) is 19.9. The topological polar surface area (TPSA) is 327 Å². The molecule has 67 heavy (non-hydrogen) atoms. The molecular formula is C45H61N13O7S2. The smallest absolute Gasteiger partial charge is 0.243 e. The van der Waals surface area contributed by atoms with E-state index < -0.39 is 71.7 Å². The number of benzene rings is 2. The van der Waals surface area contributed by atoms with E-state index in [1.54, 1.807) is 36.5 Å². The number of amides is 7. The van der Waals surface area contributed by atoms with Gasteiger partial charge in [-0.3, -0.25) is 38.6 Å². The summed E-state index contributed by atoms with van der Waals surface area (Å²) < 4.78 is 0. The quantitative estimate of drug-likeness (QED) is 0.0170. The lowest BCUT2D eigenvalue weighted by Gasteiger charge is -2.28. The van der Waals surface area contributed by atoms with Crippen molar-refractivity contribution in [1.29, 1.82) is 0 Å². The van der Waals surface area contributed by atoms with E-state index in [0.717, 1.165) is 36.6 Å². The van der Waals surface area contributed by atoms with Crippen LogP contribution in [0.4, 0.5) is 0 Å². The highest BCUT2D eigenvalue weighted by molar-refractivity contribution is 7.80. The number of nitrogens with zero attached hydrogens (tertiary/aromatic N) is 2. The first-order valence-corrected chi connectivity index (χ1v) is 23.5. The lowest BCUT2D eigenvalue weighted by Crippen LogP contribution is -2.60. The van der Waals surface area contributed by atoms with Crippen LogP contribution in [0.3, 0.4) is 0 Å². The summed E-state index contributed by atoms with van der Waals surface area (Å²) in [5, 5.41) is 17.3. The zero-order valence-electron chi connectivity index (χ0n) is 37.0. The third-order valence-electron chi connectivity index (χ3n) is 11.5. The lowest BCUT2D eigenvalue weighted by molar-refractivity contribution is -0.135. The molecule has 2 heterocycles. The van der Waals surface area contributed by atoms with Crippen LogP contribution in [0.25, 0.3) is 10.9 Å². The summed E-state index contributed by atoms with van der Waals surface area (Å²) in [4.78, 5) is 110. The summed E-state index contributed by atoms with van der Waals surface area (Å²) in [5.74, 6) is -4.86. The summed E-state index contributed by atoms with van der Waals surface area (Å²) >= 11 is 8.47. The number of nitrogens with two attached hydrogens (primary N) is 3. The molecule has 7 amide bonds. The van der Waals surface area contributed by atoms with E-state index in [-0.39, 0.29) is 74.4 Å². The van der Waals surface area contributed by atoms with E-state index in [1.165, 1.54) is 12.5 Å². The molecule has 5 rings (SSSR count). The van der Waals surface area contributed by atoms with E-state index in [4.69, 9.17) is 17.2 Å². The van der Waals surface area contributed by atoms with E-state index in [9.17, 15) is 33.6 Å². The van der Waals surface area contributed by atoms with Crippen molar-refractivity contribution in [3.8, 4) is 0 Å². The number of carbonyl (C=O) groups excluding carboxylic acids is 7. The van der Waals surface area contributed by atoms with E-state index in [2.05, 4.69) is 77.1 Å². The molecule has 2 aromatic heterocycles. The van der Waals surface area contributed by atoms with Crippen molar-refractivity contribution in [3.05, 3.63) is 90.1 Å². The van der Waals surface area contributed by atoms with Crippen molar-refractivity contribution in [2.75, 3.05) is 18.1 Å². The van der Waals surface area contributed by atoms with Crippen LogP contribution in [0.5, 0.6) is 0 Å². The molecule has 22 heteroatoms. The van der Waals surface area contributed by atoms with Gasteiger partial charge in [-0.2, -0.15) is 25.3 Å². The SMILES string of the molecule is NC(=O)[C@H](CS)NC(=O)[C@H](Cc1c[nH]c2ccccc12)NC(=O)[C@H](CCCN=C(N)N)NC(=O)[C@@H](Cc1ccccc1)NC(=O)[C@H](Cc1cnc[nH]1)NC(=O)[C@H](CCS)NC(=O)C1CCCC1. The normalized spacial score (nSPS) is 15.2. The standard InChI is InChI=1S/C45H61N13O7S2/c46-38(59)37(24-67)58-43(64)35(20-28-22-51-31-14-7-6-13-30(28)31)56-40(61)32(15-8-17-50-45(47)48)54-42(63)34(19-26-9-2-1-3-10-26)55-44(65)36(21-29-23-49-25-52-29)57-41(62)33(16-18-66)53-39(60)27-11-4-5-12-27/h1-3,6-7,9-10,13-14,22-23,25,27,32-37,51,66-67H,4-5,8,11-12,15-21,24H2,(H2,46,59)(H,49,52)(H,53,60)(H,54,63)(H,55,65)(H,56,61)(H,57,62)(H,58,64)(H4,47,48,50)/t32-,33-,34+,35-,36-,37-/m0/s1. The molecule has 20 nitrogen and oxygen atoms in total. The van der Waals surface area contributed by atoms with Gasteiger partial charge in [0.15, 0.2) is 5.96 Å². The van der Waals surface area contributed by atoms with Gasteiger partial charge in [0.05, 0.1) is 6.33 Å². The Labute approximate surface area is 399 Å². The fourth-order valence-electron chi connectivity index (χ4n) is 7.83. The zero-order chi connectivity index (χ0) is 48.3. The summed E-state index contributed by atoms with van der Waals surface area (Å²) in [6.45, 7) is 0.0952. The Morgan fingerprint density at radius 1 is 0.672 bits per heavy atom. The second kappa shape index (κ2) is 26.0. The average Bonchev–Trinajstić information content (AvgIpc) is 4.12. The summed E-state index contributed by atoms with van der Waals surface area (Å²) in [7, 11) is 0. The highest BCUT2D eigenvalue weighted by Gasteiger charge is 2.34. The monoisotopic (exact) mass is 959 g/mol. The molecule has 1 saturated carbocycles. The van der Waals surface area contributed by atoms with Gasteiger partial charge in [-0.05, 0) is 55.1 Å². The third-order valence-corrected chi connectivity index (χ3v) is 12.1. The number of aliphatic imine (C=N–C) groups is 1. The molecule has 1 aliphatic rings. The minimum Gasteiger partial charge on any atom is -0.370 e. The molecule has 4 aromatic rings.